The van der Waals surface area contributed by atoms with E-state index in [1.54, 1.807) is 31.2 Å². The van der Waals surface area contributed by atoms with Gasteiger partial charge >= 0.3 is 0 Å². The van der Waals surface area contributed by atoms with Crippen LogP contribution in [0.2, 0.25) is 5.02 Å². The first-order valence-electron chi connectivity index (χ1n) is 8.06. The summed E-state index contributed by atoms with van der Waals surface area (Å²) in [5.41, 5.74) is 0.950. The van der Waals surface area contributed by atoms with Crippen LogP contribution in [0.1, 0.15) is 12.5 Å². The number of carbonyl (C=O) groups excluding carboxylic acids is 2. The van der Waals surface area contributed by atoms with Crippen molar-refractivity contribution >= 4 is 23.4 Å². The van der Waals surface area contributed by atoms with Crippen LogP contribution in [0.5, 0.6) is 5.75 Å². The lowest BCUT2D eigenvalue weighted by Crippen LogP contribution is -2.41. The maximum absolute atomic E-state index is 12.0. The summed E-state index contributed by atoms with van der Waals surface area (Å²) in [5, 5.41) is 5.94. The molecule has 0 bridgehead atoms. The van der Waals surface area contributed by atoms with Crippen LogP contribution in [0.25, 0.3) is 0 Å². The Hall–Kier alpha value is -2.53. The SMILES string of the molecule is CC(Oc1ccccc1Cl)C(=O)NCCNC(=O)Cc1ccccc1. The molecule has 0 aliphatic rings. The Balaban J connectivity index is 1.66. The molecule has 2 aromatic rings. The molecule has 0 aliphatic carbocycles. The van der Waals surface area contributed by atoms with Gasteiger partial charge in [-0.25, -0.2) is 0 Å². The van der Waals surface area contributed by atoms with E-state index in [1.165, 1.54) is 0 Å². The molecule has 0 heterocycles. The molecule has 5 nitrogen and oxygen atoms in total. The van der Waals surface area contributed by atoms with E-state index in [4.69, 9.17) is 16.3 Å². The average molecular weight is 361 g/mol. The third-order valence-corrected chi connectivity index (χ3v) is 3.78. The highest BCUT2D eigenvalue weighted by molar-refractivity contribution is 6.32. The zero-order valence-corrected chi connectivity index (χ0v) is 14.8. The molecule has 0 aliphatic heterocycles. The first-order chi connectivity index (χ1) is 12.1. The molecular formula is C19H21ClN2O3. The van der Waals surface area contributed by atoms with Gasteiger partial charge in [-0.3, -0.25) is 9.59 Å². The summed E-state index contributed by atoms with van der Waals surface area (Å²) in [7, 11) is 0. The van der Waals surface area contributed by atoms with Crippen molar-refractivity contribution in [3.8, 4) is 5.75 Å². The van der Waals surface area contributed by atoms with E-state index < -0.39 is 6.10 Å². The fraction of sp³-hybridized carbons (Fsp3) is 0.263. The Morgan fingerprint density at radius 1 is 1.00 bits per heavy atom. The number of halogens is 1. The average Bonchev–Trinajstić information content (AvgIpc) is 2.61. The van der Waals surface area contributed by atoms with Gasteiger partial charge in [-0.1, -0.05) is 54.1 Å². The third kappa shape index (κ3) is 6.47. The quantitative estimate of drug-likeness (QED) is 0.711. The standard InChI is InChI=1S/C19H21ClN2O3/c1-14(25-17-10-6-5-9-16(17)20)19(24)22-12-11-21-18(23)13-15-7-3-2-4-8-15/h2-10,14H,11-13H2,1H3,(H,21,23)(H,22,24). The van der Waals surface area contributed by atoms with Gasteiger partial charge in [0.25, 0.3) is 5.91 Å². The predicted octanol–water partition coefficient (Wildman–Crippen LogP) is 2.58. The number of rotatable bonds is 8. The molecular weight excluding hydrogens is 340 g/mol. The van der Waals surface area contributed by atoms with Gasteiger partial charge in [-0.05, 0) is 24.6 Å². The molecule has 132 valence electrons. The topological polar surface area (TPSA) is 67.4 Å². The Kier molecular flexibility index (Phi) is 7.29. The van der Waals surface area contributed by atoms with Crippen LogP contribution in [0.15, 0.2) is 54.6 Å². The van der Waals surface area contributed by atoms with E-state index in [2.05, 4.69) is 10.6 Å². The van der Waals surface area contributed by atoms with Crippen molar-refractivity contribution < 1.29 is 14.3 Å². The van der Waals surface area contributed by atoms with E-state index in [-0.39, 0.29) is 11.8 Å². The monoisotopic (exact) mass is 360 g/mol. The smallest absolute Gasteiger partial charge is 0.260 e. The summed E-state index contributed by atoms with van der Waals surface area (Å²) in [6, 6.07) is 16.5. The Morgan fingerprint density at radius 3 is 2.36 bits per heavy atom. The summed E-state index contributed by atoms with van der Waals surface area (Å²) < 4.78 is 5.53. The molecule has 2 N–H and O–H groups in total. The fourth-order valence-electron chi connectivity index (χ4n) is 2.16. The molecule has 1 unspecified atom stereocenters. The molecule has 0 saturated carbocycles. The van der Waals surface area contributed by atoms with E-state index in [0.29, 0.717) is 30.3 Å². The predicted molar refractivity (Wildman–Crippen MR) is 97.7 cm³/mol. The van der Waals surface area contributed by atoms with Crippen LogP contribution in [0, 0.1) is 0 Å². The summed E-state index contributed by atoms with van der Waals surface area (Å²) in [4.78, 5) is 23.8. The van der Waals surface area contributed by atoms with Crippen molar-refractivity contribution in [3.05, 3.63) is 65.2 Å². The van der Waals surface area contributed by atoms with Crippen molar-refractivity contribution in [1.82, 2.24) is 10.6 Å². The van der Waals surface area contributed by atoms with Gasteiger partial charge in [-0.15, -0.1) is 0 Å². The molecule has 2 rings (SSSR count). The van der Waals surface area contributed by atoms with E-state index >= 15 is 0 Å². The van der Waals surface area contributed by atoms with Crippen LogP contribution in [0.4, 0.5) is 0 Å². The van der Waals surface area contributed by atoms with Gasteiger partial charge in [0.1, 0.15) is 5.75 Å². The van der Waals surface area contributed by atoms with Crippen molar-refractivity contribution in [2.24, 2.45) is 0 Å². The van der Waals surface area contributed by atoms with Crippen molar-refractivity contribution in [3.63, 3.8) is 0 Å². The number of para-hydroxylation sites is 1. The summed E-state index contributed by atoms with van der Waals surface area (Å²) in [6.07, 6.45) is -0.360. The van der Waals surface area contributed by atoms with E-state index in [9.17, 15) is 9.59 Å². The first kappa shape index (κ1) is 18.8. The van der Waals surface area contributed by atoms with Crippen LogP contribution in [-0.2, 0) is 16.0 Å². The minimum absolute atomic E-state index is 0.0826. The van der Waals surface area contributed by atoms with Crippen LogP contribution in [0.3, 0.4) is 0 Å². The molecule has 1 atom stereocenters. The number of amides is 2. The second-order valence-electron chi connectivity index (χ2n) is 5.49. The molecule has 2 aromatic carbocycles. The second kappa shape index (κ2) is 9.69. The minimum atomic E-state index is -0.681. The third-order valence-electron chi connectivity index (χ3n) is 3.46. The van der Waals surface area contributed by atoms with Crippen LogP contribution < -0.4 is 15.4 Å². The summed E-state index contributed by atoms with van der Waals surface area (Å²) in [6.45, 7) is 2.33. The van der Waals surface area contributed by atoms with E-state index in [1.807, 2.05) is 30.3 Å². The van der Waals surface area contributed by atoms with Gasteiger partial charge < -0.3 is 15.4 Å². The summed E-state index contributed by atoms with van der Waals surface area (Å²) in [5.74, 6) is 0.112. The van der Waals surface area contributed by atoms with Gasteiger partial charge in [0.15, 0.2) is 6.10 Å². The van der Waals surface area contributed by atoms with Gasteiger partial charge in [0.05, 0.1) is 11.4 Å². The molecule has 0 spiro atoms. The van der Waals surface area contributed by atoms with Crippen molar-refractivity contribution in [2.75, 3.05) is 13.1 Å². The molecule has 0 aromatic heterocycles. The summed E-state index contributed by atoms with van der Waals surface area (Å²) >= 11 is 6.00. The Morgan fingerprint density at radius 2 is 1.64 bits per heavy atom. The maximum atomic E-state index is 12.0. The van der Waals surface area contributed by atoms with Gasteiger partial charge in [-0.2, -0.15) is 0 Å². The van der Waals surface area contributed by atoms with Crippen LogP contribution in [-0.4, -0.2) is 31.0 Å². The lowest BCUT2D eigenvalue weighted by atomic mass is 10.1. The zero-order valence-electron chi connectivity index (χ0n) is 14.0. The number of benzene rings is 2. The fourth-order valence-corrected chi connectivity index (χ4v) is 2.34. The first-order valence-corrected chi connectivity index (χ1v) is 8.43. The van der Waals surface area contributed by atoms with E-state index in [0.717, 1.165) is 5.56 Å². The number of nitrogens with one attached hydrogen (secondary N) is 2. The van der Waals surface area contributed by atoms with Crippen LogP contribution >= 0.6 is 11.6 Å². The highest BCUT2D eigenvalue weighted by Gasteiger charge is 2.15. The lowest BCUT2D eigenvalue weighted by Gasteiger charge is -2.15. The molecule has 0 saturated heterocycles. The number of hydrogen-bond donors (Lipinski definition) is 2. The van der Waals surface area contributed by atoms with Gasteiger partial charge in [0.2, 0.25) is 5.91 Å². The van der Waals surface area contributed by atoms with Crippen molar-refractivity contribution in [2.45, 2.75) is 19.4 Å². The zero-order chi connectivity index (χ0) is 18.1. The maximum Gasteiger partial charge on any atom is 0.260 e. The number of carbonyl (C=O) groups is 2. The van der Waals surface area contributed by atoms with Gasteiger partial charge in [0, 0.05) is 13.1 Å². The minimum Gasteiger partial charge on any atom is -0.479 e. The Labute approximate surface area is 152 Å². The molecule has 2 amide bonds. The lowest BCUT2D eigenvalue weighted by molar-refractivity contribution is -0.127. The second-order valence-corrected chi connectivity index (χ2v) is 5.90. The molecule has 0 radical (unpaired) electrons. The number of hydrogen-bond acceptors (Lipinski definition) is 3. The van der Waals surface area contributed by atoms with Crippen molar-refractivity contribution in [1.29, 1.82) is 0 Å². The highest BCUT2D eigenvalue weighted by Crippen LogP contribution is 2.24. The molecule has 25 heavy (non-hydrogen) atoms. The normalized spacial score (nSPS) is 11.4. The number of ether oxygens (including phenoxy) is 1. The highest BCUT2D eigenvalue weighted by atomic mass is 35.5. The molecule has 6 heteroatoms. The molecule has 0 fully saturated rings. The largest absolute Gasteiger partial charge is 0.479 e. The Bertz CT molecular complexity index is 707.